The maximum absolute atomic E-state index is 10.6. The fourth-order valence-electron chi connectivity index (χ4n) is 1.43. The summed E-state index contributed by atoms with van der Waals surface area (Å²) in [6, 6.07) is 2.98. The molecule has 0 spiro atoms. The number of carbonyl (C=O) groups is 1. The predicted octanol–water partition coefficient (Wildman–Crippen LogP) is 1.34. The Kier molecular flexibility index (Phi) is 3.02. The van der Waals surface area contributed by atoms with Crippen molar-refractivity contribution in [3.8, 4) is 11.5 Å². The zero-order valence-electron chi connectivity index (χ0n) is 8.14. The fourth-order valence-corrected chi connectivity index (χ4v) is 2.01. The number of carboxylic acid groups (broad SMARTS) is 1. The highest BCUT2D eigenvalue weighted by Gasteiger charge is 2.22. The zero-order valence-corrected chi connectivity index (χ0v) is 9.73. The first-order valence-electron chi connectivity index (χ1n) is 4.59. The molecule has 0 fully saturated rings. The first-order chi connectivity index (χ1) is 7.59. The summed E-state index contributed by atoms with van der Waals surface area (Å²) in [5.41, 5.74) is 0.253. The second-order valence-electron chi connectivity index (χ2n) is 3.27. The van der Waals surface area contributed by atoms with Gasteiger partial charge in [-0.05, 0) is 33.6 Å². The van der Waals surface area contributed by atoms with Gasteiger partial charge in [0.15, 0.2) is 17.6 Å². The molecule has 5 nitrogen and oxygen atoms in total. The van der Waals surface area contributed by atoms with E-state index in [1.54, 1.807) is 0 Å². The minimum absolute atomic E-state index is 0.253. The van der Waals surface area contributed by atoms with Gasteiger partial charge in [0.1, 0.15) is 13.2 Å². The number of halogens is 1. The summed E-state index contributed by atoms with van der Waals surface area (Å²) >= 11 is 3.24. The van der Waals surface area contributed by atoms with E-state index < -0.39 is 12.1 Å². The maximum Gasteiger partial charge on any atom is 0.337 e. The van der Waals surface area contributed by atoms with Crippen molar-refractivity contribution in [2.24, 2.45) is 0 Å². The molecule has 0 bridgehead atoms. The third-order valence-corrected chi connectivity index (χ3v) is 2.76. The van der Waals surface area contributed by atoms with Crippen molar-refractivity contribution < 1.29 is 24.5 Å². The van der Waals surface area contributed by atoms with Crippen LogP contribution in [0.5, 0.6) is 11.5 Å². The van der Waals surface area contributed by atoms with Gasteiger partial charge in [-0.2, -0.15) is 0 Å². The van der Waals surface area contributed by atoms with Gasteiger partial charge < -0.3 is 19.7 Å². The molecule has 1 unspecified atom stereocenters. The number of rotatable bonds is 2. The van der Waals surface area contributed by atoms with Gasteiger partial charge >= 0.3 is 5.97 Å². The molecule has 1 aliphatic heterocycles. The van der Waals surface area contributed by atoms with Crippen LogP contribution in [0.1, 0.15) is 11.7 Å². The largest absolute Gasteiger partial charge is 0.486 e. The summed E-state index contributed by atoms with van der Waals surface area (Å²) in [4.78, 5) is 10.6. The minimum atomic E-state index is -1.56. The lowest BCUT2D eigenvalue weighted by atomic mass is 10.1. The van der Waals surface area contributed by atoms with Crippen LogP contribution in [0.3, 0.4) is 0 Å². The molecule has 2 N–H and O–H groups in total. The summed E-state index contributed by atoms with van der Waals surface area (Å²) in [6.07, 6.45) is -1.56. The zero-order chi connectivity index (χ0) is 11.7. The highest BCUT2D eigenvalue weighted by Crippen LogP contribution is 2.39. The molecule has 6 heteroatoms. The molecule has 0 saturated heterocycles. The summed E-state index contributed by atoms with van der Waals surface area (Å²) in [6.45, 7) is 0.860. The lowest BCUT2D eigenvalue weighted by Crippen LogP contribution is -2.17. The average molecular weight is 289 g/mol. The number of hydrogen-bond acceptors (Lipinski definition) is 4. The van der Waals surface area contributed by atoms with Crippen LogP contribution in [0.4, 0.5) is 0 Å². The minimum Gasteiger partial charge on any atom is -0.486 e. The van der Waals surface area contributed by atoms with E-state index in [1.807, 2.05) is 0 Å². The van der Waals surface area contributed by atoms with Crippen LogP contribution in [-0.4, -0.2) is 29.4 Å². The predicted molar refractivity (Wildman–Crippen MR) is 57.7 cm³/mol. The first kappa shape index (κ1) is 11.2. The number of ether oxygens (including phenoxy) is 2. The molecule has 0 radical (unpaired) electrons. The van der Waals surface area contributed by atoms with E-state index in [-0.39, 0.29) is 5.56 Å². The average Bonchev–Trinajstić information content (AvgIpc) is 2.28. The standard InChI is InChI=1S/C10H9BrO5/c11-6-3-5(8(12)10(13)14)4-7-9(6)16-2-1-15-7/h3-4,8,12H,1-2H2,(H,13,14). The van der Waals surface area contributed by atoms with Gasteiger partial charge in [0.2, 0.25) is 0 Å². The van der Waals surface area contributed by atoms with Crippen LogP contribution in [0.15, 0.2) is 16.6 Å². The third-order valence-electron chi connectivity index (χ3n) is 2.17. The lowest BCUT2D eigenvalue weighted by molar-refractivity contribution is -0.146. The topological polar surface area (TPSA) is 76.0 Å². The van der Waals surface area contributed by atoms with Gasteiger partial charge in [0, 0.05) is 0 Å². The highest BCUT2D eigenvalue weighted by molar-refractivity contribution is 9.10. The van der Waals surface area contributed by atoms with Crippen LogP contribution in [0.2, 0.25) is 0 Å². The summed E-state index contributed by atoms with van der Waals surface area (Å²) in [7, 11) is 0. The van der Waals surface area contributed by atoms with E-state index in [2.05, 4.69) is 15.9 Å². The van der Waals surface area contributed by atoms with Crippen molar-refractivity contribution in [3.05, 3.63) is 22.2 Å². The van der Waals surface area contributed by atoms with Gasteiger partial charge in [0.25, 0.3) is 0 Å². The number of fused-ring (bicyclic) bond motifs is 1. The van der Waals surface area contributed by atoms with E-state index in [4.69, 9.17) is 14.6 Å². The Hall–Kier alpha value is -1.27. The molecular formula is C10H9BrO5. The summed E-state index contributed by atoms with van der Waals surface area (Å²) in [5, 5.41) is 18.1. The SMILES string of the molecule is O=C(O)C(O)c1cc(Br)c2c(c1)OCCO2. The number of aliphatic hydroxyl groups excluding tert-OH is 1. The summed E-state index contributed by atoms with van der Waals surface area (Å²) in [5.74, 6) is -0.327. The molecule has 16 heavy (non-hydrogen) atoms. The second-order valence-corrected chi connectivity index (χ2v) is 4.12. The number of benzene rings is 1. The Balaban J connectivity index is 2.42. The number of hydrogen-bond donors (Lipinski definition) is 2. The quantitative estimate of drug-likeness (QED) is 0.859. The number of carboxylic acids is 1. The molecule has 0 aromatic heterocycles. The van der Waals surface area contributed by atoms with Crippen LogP contribution in [0, 0.1) is 0 Å². The van der Waals surface area contributed by atoms with Crippen LogP contribution >= 0.6 is 15.9 Å². The van der Waals surface area contributed by atoms with Gasteiger partial charge in [-0.3, -0.25) is 0 Å². The van der Waals surface area contributed by atoms with E-state index in [1.165, 1.54) is 12.1 Å². The Morgan fingerprint density at radius 2 is 2.06 bits per heavy atom. The Morgan fingerprint density at radius 1 is 1.38 bits per heavy atom. The van der Waals surface area contributed by atoms with Crippen molar-refractivity contribution in [3.63, 3.8) is 0 Å². The monoisotopic (exact) mass is 288 g/mol. The van der Waals surface area contributed by atoms with E-state index in [0.29, 0.717) is 29.2 Å². The molecule has 0 saturated carbocycles. The molecule has 0 amide bonds. The van der Waals surface area contributed by atoms with Crippen molar-refractivity contribution in [1.82, 2.24) is 0 Å². The third kappa shape index (κ3) is 1.98. The maximum atomic E-state index is 10.6. The highest BCUT2D eigenvalue weighted by atomic mass is 79.9. The van der Waals surface area contributed by atoms with Crippen molar-refractivity contribution >= 4 is 21.9 Å². The lowest BCUT2D eigenvalue weighted by Gasteiger charge is -2.21. The van der Waals surface area contributed by atoms with Crippen LogP contribution < -0.4 is 9.47 Å². The number of aliphatic carboxylic acids is 1. The molecule has 1 aromatic carbocycles. The molecule has 86 valence electrons. The molecule has 2 rings (SSSR count). The van der Waals surface area contributed by atoms with Gasteiger partial charge in [-0.25, -0.2) is 4.79 Å². The van der Waals surface area contributed by atoms with E-state index in [9.17, 15) is 9.90 Å². The normalized spacial score (nSPS) is 15.6. The molecule has 1 heterocycles. The second kappa shape index (κ2) is 4.31. The molecule has 1 aromatic rings. The Bertz CT molecular complexity index is 431. The van der Waals surface area contributed by atoms with E-state index >= 15 is 0 Å². The molecule has 1 atom stereocenters. The smallest absolute Gasteiger partial charge is 0.337 e. The van der Waals surface area contributed by atoms with Crippen LogP contribution in [0.25, 0.3) is 0 Å². The van der Waals surface area contributed by atoms with Crippen molar-refractivity contribution in [2.75, 3.05) is 13.2 Å². The van der Waals surface area contributed by atoms with Crippen molar-refractivity contribution in [1.29, 1.82) is 0 Å². The van der Waals surface area contributed by atoms with Gasteiger partial charge in [-0.1, -0.05) is 0 Å². The molecule has 0 aliphatic carbocycles. The first-order valence-corrected chi connectivity index (χ1v) is 5.39. The Morgan fingerprint density at radius 3 is 2.75 bits per heavy atom. The molecular weight excluding hydrogens is 280 g/mol. The van der Waals surface area contributed by atoms with Crippen molar-refractivity contribution in [2.45, 2.75) is 6.10 Å². The number of aliphatic hydroxyl groups is 1. The Labute approximate surface area is 99.7 Å². The fraction of sp³-hybridized carbons (Fsp3) is 0.300. The molecule has 1 aliphatic rings. The van der Waals surface area contributed by atoms with Gasteiger partial charge in [-0.15, -0.1) is 0 Å². The summed E-state index contributed by atoms with van der Waals surface area (Å²) < 4.78 is 11.2. The van der Waals surface area contributed by atoms with Crippen LogP contribution in [-0.2, 0) is 4.79 Å². The van der Waals surface area contributed by atoms with Gasteiger partial charge in [0.05, 0.1) is 4.47 Å². The van der Waals surface area contributed by atoms with E-state index in [0.717, 1.165) is 0 Å².